The molecule has 1 heterocycles. The highest BCUT2D eigenvalue weighted by Crippen LogP contribution is 2.10. The normalized spacial score (nSPS) is 10.6. The summed E-state index contributed by atoms with van der Waals surface area (Å²) in [4.78, 5) is 27.1. The number of rotatable bonds is 6. The van der Waals surface area contributed by atoms with Gasteiger partial charge in [0.15, 0.2) is 5.43 Å². The molecule has 0 aliphatic rings. The lowest BCUT2D eigenvalue weighted by molar-refractivity contribution is 0.143. The molecule has 2 N–H and O–H groups in total. The topological polar surface area (TPSA) is 71.2 Å². The predicted octanol–water partition coefficient (Wildman–Crippen LogP) is 3.25. The largest absolute Gasteiger partial charge is 0.450 e. The van der Waals surface area contributed by atoms with E-state index in [0.717, 1.165) is 24.8 Å². The van der Waals surface area contributed by atoms with Gasteiger partial charge in [-0.2, -0.15) is 0 Å². The Labute approximate surface area is 129 Å². The number of carbonyl (C=O) groups excluding carboxylic acids is 1. The molecule has 1 aromatic carbocycles. The van der Waals surface area contributed by atoms with Crippen LogP contribution < -0.4 is 10.7 Å². The summed E-state index contributed by atoms with van der Waals surface area (Å²) < 4.78 is 5.08. The van der Waals surface area contributed by atoms with Crippen molar-refractivity contribution in [1.29, 1.82) is 0 Å². The van der Waals surface area contributed by atoms with Gasteiger partial charge in [-0.1, -0.05) is 31.9 Å². The number of ether oxygens (including phenoxy) is 1. The first-order valence-corrected chi connectivity index (χ1v) is 7.64. The van der Waals surface area contributed by atoms with Crippen LogP contribution >= 0.6 is 0 Å². The van der Waals surface area contributed by atoms with Gasteiger partial charge in [0.05, 0.1) is 13.2 Å². The Bertz CT molecular complexity index is 707. The number of carbonyl (C=O) groups is 1. The number of hydrogen-bond acceptors (Lipinski definition) is 3. The lowest BCUT2D eigenvalue weighted by Gasteiger charge is -2.10. The van der Waals surface area contributed by atoms with Crippen LogP contribution in [0.3, 0.4) is 0 Å². The zero-order chi connectivity index (χ0) is 15.9. The molecule has 0 atom stereocenters. The van der Waals surface area contributed by atoms with Gasteiger partial charge < -0.3 is 15.0 Å². The third kappa shape index (κ3) is 3.87. The number of para-hydroxylation sites is 1. The smallest absolute Gasteiger partial charge is 0.407 e. The summed E-state index contributed by atoms with van der Waals surface area (Å²) >= 11 is 0. The molecule has 2 rings (SSSR count). The van der Waals surface area contributed by atoms with E-state index < -0.39 is 6.09 Å². The lowest BCUT2D eigenvalue weighted by Crippen LogP contribution is -2.26. The molecule has 118 valence electrons. The van der Waals surface area contributed by atoms with Gasteiger partial charge in [0.2, 0.25) is 0 Å². The summed E-state index contributed by atoms with van der Waals surface area (Å²) in [6.07, 6.45) is 2.55. The first kappa shape index (κ1) is 16.1. The van der Waals surface area contributed by atoms with Crippen LogP contribution in [0.25, 0.3) is 10.9 Å². The maximum absolute atomic E-state index is 12.3. The fraction of sp³-hybridized carbons (Fsp3) is 0.412. The number of hydrogen-bond donors (Lipinski definition) is 2. The second-order valence-corrected chi connectivity index (χ2v) is 5.30. The lowest BCUT2D eigenvalue weighted by atomic mass is 10.1. The van der Waals surface area contributed by atoms with Crippen molar-refractivity contribution < 1.29 is 9.53 Å². The number of fused-ring (bicyclic) bond motifs is 1. The average molecular weight is 302 g/mol. The Kier molecular flexibility index (Phi) is 5.58. The minimum absolute atomic E-state index is 0.0116. The molecule has 1 amide bonds. The SMILES string of the molecule is CCCCCOC(=O)NCc1[nH]c2ccccc2c(=O)c1C. The van der Waals surface area contributed by atoms with Crippen LogP contribution in [0.4, 0.5) is 4.79 Å². The molecule has 2 aromatic rings. The Morgan fingerprint density at radius 1 is 1.27 bits per heavy atom. The van der Waals surface area contributed by atoms with Gasteiger partial charge >= 0.3 is 6.09 Å². The Hall–Kier alpha value is -2.30. The molecule has 0 unspecified atom stereocenters. The second kappa shape index (κ2) is 7.64. The van der Waals surface area contributed by atoms with E-state index >= 15 is 0 Å². The Balaban J connectivity index is 2.01. The maximum Gasteiger partial charge on any atom is 0.407 e. The van der Waals surface area contributed by atoms with Crippen molar-refractivity contribution in [2.75, 3.05) is 6.61 Å². The molecule has 0 fully saturated rings. The van der Waals surface area contributed by atoms with Gasteiger partial charge in [0, 0.05) is 22.2 Å². The monoisotopic (exact) mass is 302 g/mol. The van der Waals surface area contributed by atoms with E-state index in [9.17, 15) is 9.59 Å². The van der Waals surface area contributed by atoms with Crippen molar-refractivity contribution in [2.24, 2.45) is 0 Å². The molecule has 0 saturated heterocycles. The minimum Gasteiger partial charge on any atom is -0.450 e. The van der Waals surface area contributed by atoms with Crippen LogP contribution in [0.5, 0.6) is 0 Å². The quantitative estimate of drug-likeness (QED) is 0.805. The van der Waals surface area contributed by atoms with Crippen molar-refractivity contribution in [2.45, 2.75) is 39.7 Å². The maximum atomic E-state index is 12.3. The summed E-state index contributed by atoms with van der Waals surface area (Å²) in [6, 6.07) is 7.35. The van der Waals surface area contributed by atoms with Gasteiger partial charge in [-0.25, -0.2) is 4.79 Å². The van der Waals surface area contributed by atoms with E-state index in [2.05, 4.69) is 17.2 Å². The number of pyridine rings is 1. The molecule has 0 bridgehead atoms. The van der Waals surface area contributed by atoms with Crippen LogP contribution in [0.1, 0.15) is 37.4 Å². The molecule has 5 heteroatoms. The number of aromatic amines is 1. The first-order valence-electron chi connectivity index (χ1n) is 7.64. The van der Waals surface area contributed by atoms with Crippen LogP contribution in [-0.2, 0) is 11.3 Å². The van der Waals surface area contributed by atoms with E-state index in [-0.39, 0.29) is 12.0 Å². The number of H-pyrrole nitrogens is 1. The van der Waals surface area contributed by atoms with E-state index in [1.807, 2.05) is 18.2 Å². The number of benzene rings is 1. The molecule has 22 heavy (non-hydrogen) atoms. The van der Waals surface area contributed by atoms with Crippen LogP contribution in [0.15, 0.2) is 29.1 Å². The fourth-order valence-corrected chi connectivity index (χ4v) is 2.29. The molecule has 0 saturated carbocycles. The van der Waals surface area contributed by atoms with Crippen molar-refractivity contribution >= 4 is 17.0 Å². The summed E-state index contributed by atoms with van der Waals surface area (Å²) in [5.41, 5.74) is 2.08. The highest BCUT2D eigenvalue weighted by Gasteiger charge is 2.09. The van der Waals surface area contributed by atoms with Crippen LogP contribution in [0, 0.1) is 6.92 Å². The molecule has 0 spiro atoms. The molecular weight excluding hydrogens is 280 g/mol. The Morgan fingerprint density at radius 2 is 2.05 bits per heavy atom. The molecule has 0 radical (unpaired) electrons. The van der Waals surface area contributed by atoms with Crippen LogP contribution in [0.2, 0.25) is 0 Å². The molecular formula is C17H22N2O3. The third-order valence-corrected chi connectivity index (χ3v) is 3.64. The standard InChI is InChI=1S/C17H22N2O3/c1-3-4-7-10-22-17(21)18-11-15-12(2)16(20)13-8-5-6-9-14(13)19-15/h5-6,8-9H,3-4,7,10-11H2,1-2H3,(H,18,21)(H,19,20). The van der Waals surface area contributed by atoms with Crippen molar-refractivity contribution in [3.8, 4) is 0 Å². The number of alkyl carbamates (subject to hydrolysis) is 1. The summed E-state index contributed by atoms with van der Waals surface area (Å²) in [6.45, 7) is 4.53. The van der Waals surface area contributed by atoms with Crippen LogP contribution in [-0.4, -0.2) is 17.7 Å². The highest BCUT2D eigenvalue weighted by atomic mass is 16.5. The van der Waals surface area contributed by atoms with E-state index in [0.29, 0.717) is 23.3 Å². The van der Waals surface area contributed by atoms with E-state index in [1.165, 1.54) is 0 Å². The van der Waals surface area contributed by atoms with Gasteiger partial charge in [-0.15, -0.1) is 0 Å². The van der Waals surface area contributed by atoms with E-state index in [4.69, 9.17) is 4.74 Å². The summed E-state index contributed by atoms with van der Waals surface area (Å²) in [7, 11) is 0. The van der Waals surface area contributed by atoms with Crippen molar-refractivity contribution in [1.82, 2.24) is 10.3 Å². The first-order chi connectivity index (χ1) is 10.6. The number of aromatic nitrogens is 1. The number of nitrogens with one attached hydrogen (secondary N) is 2. The van der Waals surface area contributed by atoms with E-state index in [1.54, 1.807) is 13.0 Å². The predicted molar refractivity (Wildman–Crippen MR) is 87.0 cm³/mol. The second-order valence-electron chi connectivity index (χ2n) is 5.30. The number of unbranched alkanes of at least 4 members (excludes halogenated alkanes) is 2. The van der Waals surface area contributed by atoms with Gasteiger partial charge in [0.1, 0.15) is 0 Å². The minimum atomic E-state index is -0.454. The number of amides is 1. The molecule has 0 aliphatic heterocycles. The van der Waals surface area contributed by atoms with Crippen molar-refractivity contribution in [3.05, 3.63) is 45.7 Å². The van der Waals surface area contributed by atoms with Gasteiger partial charge in [-0.05, 0) is 25.5 Å². The van der Waals surface area contributed by atoms with Gasteiger partial charge in [-0.3, -0.25) is 4.79 Å². The zero-order valence-corrected chi connectivity index (χ0v) is 13.1. The van der Waals surface area contributed by atoms with Crippen molar-refractivity contribution in [3.63, 3.8) is 0 Å². The summed E-state index contributed by atoms with van der Waals surface area (Å²) in [5, 5.41) is 3.34. The molecule has 0 aliphatic carbocycles. The molecule has 1 aromatic heterocycles. The highest BCUT2D eigenvalue weighted by molar-refractivity contribution is 5.79. The average Bonchev–Trinajstić information content (AvgIpc) is 2.53. The molecule has 5 nitrogen and oxygen atoms in total. The zero-order valence-electron chi connectivity index (χ0n) is 13.1. The van der Waals surface area contributed by atoms with Gasteiger partial charge in [0.25, 0.3) is 0 Å². The fourth-order valence-electron chi connectivity index (χ4n) is 2.29. The summed E-state index contributed by atoms with van der Waals surface area (Å²) in [5.74, 6) is 0. The third-order valence-electron chi connectivity index (χ3n) is 3.64. The Morgan fingerprint density at radius 3 is 2.82 bits per heavy atom.